The number of pyridine rings is 2. The van der Waals surface area contributed by atoms with E-state index in [-0.39, 0.29) is 43.4 Å². The molecule has 2 aliphatic heterocycles. The summed E-state index contributed by atoms with van der Waals surface area (Å²) < 4.78 is 28.7. The SMILES string of the molecule is Cl.Cl.O=C1COc2ccc(CNCCCN3C[C@@H](c4ccnc5c(OCF)cccc45)OC3=O)nc2N1. The van der Waals surface area contributed by atoms with Crippen molar-refractivity contribution in [3.05, 3.63) is 53.9 Å². The average Bonchev–Trinajstić information content (AvgIpc) is 3.23. The van der Waals surface area contributed by atoms with Crippen LogP contribution in [0.1, 0.15) is 23.8 Å². The van der Waals surface area contributed by atoms with Crippen LogP contribution >= 0.6 is 24.8 Å². The fourth-order valence-electron chi connectivity index (χ4n) is 4.19. The quantitative estimate of drug-likeness (QED) is 0.384. The van der Waals surface area contributed by atoms with Crippen molar-refractivity contribution < 1.29 is 28.2 Å². The van der Waals surface area contributed by atoms with Crippen LogP contribution in [0.25, 0.3) is 10.9 Å². The number of nitrogens with zero attached hydrogens (tertiary/aromatic N) is 3. The average molecular weight is 554 g/mol. The predicted molar refractivity (Wildman–Crippen MR) is 138 cm³/mol. The number of carbonyl (C=O) groups excluding carboxylic acids is 2. The van der Waals surface area contributed by atoms with Gasteiger partial charge in [-0.3, -0.25) is 9.78 Å². The van der Waals surface area contributed by atoms with E-state index in [1.807, 2.05) is 18.2 Å². The second-order valence-corrected chi connectivity index (χ2v) is 8.14. The number of aromatic nitrogens is 2. The number of carbonyl (C=O) groups is 2. The Hall–Kier alpha value is -3.41. The van der Waals surface area contributed by atoms with Crippen LogP contribution in [0, 0.1) is 0 Å². The zero-order chi connectivity index (χ0) is 24.2. The number of benzene rings is 1. The fraction of sp³-hybridized carbons (Fsp3) is 0.333. The molecule has 0 spiro atoms. The van der Waals surface area contributed by atoms with E-state index in [4.69, 9.17) is 14.2 Å². The number of hydrogen-bond acceptors (Lipinski definition) is 8. The normalized spacial score (nSPS) is 16.1. The minimum Gasteiger partial charge on any atom is -0.480 e. The number of anilines is 1. The van der Waals surface area contributed by atoms with E-state index in [1.165, 1.54) is 0 Å². The number of halogens is 3. The maximum atomic E-state index is 12.7. The molecule has 0 unspecified atom stereocenters. The number of cyclic esters (lactones) is 1. The molecule has 2 amide bonds. The van der Waals surface area contributed by atoms with Crippen LogP contribution in [0.5, 0.6) is 11.5 Å². The molecule has 10 nitrogen and oxygen atoms in total. The number of hydrogen-bond donors (Lipinski definition) is 2. The van der Waals surface area contributed by atoms with E-state index in [9.17, 15) is 14.0 Å². The lowest BCUT2D eigenvalue weighted by Gasteiger charge is -2.17. The van der Waals surface area contributed by atoms with Crippen LogP contribution in [0.2, 0.25) is 0 Å². The Bertz CT molecular complexity index is 1270. The molecule has 3 aromatic rings. The number of amides is 2. The standard InChI is InChI=1S/C24H24FN5O5.2ClH/c25-14-34-18-4-1-3-17-16(7-9-27-22(17)18)20-12-30(24(32)35-20)10-2-8-26-11-15-5-6-19-23(28-15)29-21(31)13-33-19;;/h1,3-7,9,20,26H,2,8,10-14H2,(H,28,29,31);2*1H/t20-;;/m0../s1. The summed E-state index contributed by atoms with van der Waals surface area (Å²) in [6.45, 7) is 1.18. The van der Waals surface area contributed by atoms with Gasteiger partial charge in [0.2, 0.25) is 6.86 Å². The van der Waals surface area contributed by atoms with Gasteiger partial charge in [-0.15, -0.1) is 24.8 Å². The summed E-state index contributed by atoms with van der Waals surface area (Å²) in [5.41, 5.74) is 2.11. The smallest absolute Gasteiger partial charge is 0.410 e. The fourth-order valence-corrected chi connectivity index (χ4v) is 4.19. The maximum Gasteiger partial charge on any atom is 0.410 e. The maximum absolute atomic E-state index is 12.7. The van der Waals surface area contributed by atoms with E-state index < -0.39 is 13.0 Å². The van der Waals surface area contributed by atoms with Gasteiger partial charge in [-0.05, 0) is 37.2 Å². The summed E-state index contributed by atoms with van der Waals surface area (Å²) in [6, 6.07) is 10.7. The predicted octanol–water partition coefficient (Wildman–Crippen LogP) is 3.78. The highest BCUT2D eigenvalue weighted by molar-refractivity contribution is 5.94. The van der Waals surface area contributed by atoms with Gasteiger partial charge in [0.25, 0.3) is 5.91 Å². The van der Waals surface area contributed by atoms with Gasteiger partial charge in [0.15, 0.2) is 18.2 Å². The molecule has 1 fully saturated rings. The summed E-state index contributed by atoms with van der Waals surface area (Å²) in [5, 5.41) is 6.75. The van der Waals surface area contributed by atoms with Crippen molar-refractivity contribution >= 4 is 53.5 Å². The molecular formula is C24H26Cl2FN5O5. The van der Waals surface area contributed by atoms with Crippen LogP contribution in [-0.4, -0.2) is 60.0 Å². The van der Waals surface area contributed by atoms with Crippen LogP contribution in [0.4, 0.5) is 15.0 Å². The van der Waals surface area contributed by atoms with Crippen molar-refractivity contribution in [2.75, 3.05) is 38.4 Å². The lowest BCUT2D eigenvalue weighted by molar-refractivity contribution is -0.118. The van der Waals surface area contributed by atoms with E-state index >= 15 is 0 Å². The highest BCUT2D eigenvalue weighted by Crippen LogP contribution is 2.34. The summed E-state index contributed by atoms with van der Waals surface area (Å²) in [7, 11) is 0. The van der Waals surface area contributed by atoms with E-state index in [0.29, 0.717) is 49.0 Å². The Labute approximate surface area is 224 Å². The number of ether oxygens (including phenoxy) is 3. The number of alkyl halides is 1. The van der Waals surface area contributed by atoms with Gasteiger partial charge in [0.1, 0.15) is 17.4 Å². The Morgan fingerprint density at radius 3 is 2.89 bits per heavy atom. The van der Waals surface area contributed by atoms with Crippen molar-refractivity contribution in [3.8, 4) is 11.5 Å². The first-order valence-electron chi connectivity index (χ1n) is 11.3. The summed E-state index contributed by atoms with van der Waals surface area (Å²) >= 11 is 0. The zero-order valence-electron chi connectivity index (χ0n) is 19.6. The minimum absolute atomic E-state index is 0. The molecule has 0 saturated carbocycles. The number of nitrogens with one attached hydrogen (secondary N) is 2. The molecule has 0 bridgehead atoms. The molecule has 5 rings (SSSR count). The van der Waals surface area contributed by atoms with Gasteiger partial charge in [0, 0.05) is 30.2 Å². The summed E-state index contributed by atoms with van der Waals surface area (Å²) in [4.78, 5) is 34.3. The van der Waals surface area contributed by atoms with Crippen LogP contribution in [0.15, 0.2) is 42.6 Å². The van der Waals surface area contributed by atoms with E-state index in [2.05, 4.69) is 20.6 Å². The van der Waals surface area contributed by atoms with Crippen molar-refractivity contribution in [1.29, 1.82) is 0 Å². The van der Waals surface area contributed by atoms with E-state index in [1.54, 1.807) is 29.3 Å². The van der Waals surface area contributed by atoms with Gasteiger partial charge in [0.05, 0.1) is 12.2 Å². The van der Waals surface area contributed by atoms with Crippen LogP contribution in [0.3, 0.4) is 0 Å². The van der Waals surface area contributed by atoms with Crippen LogP contribution in [-0.2, 0) is 16.1 Å². The Kier molecular flexibility index (Phi) is 9.67. The molecule has 2 aromatic heterocycles. The van der Waals surface area contributed by atoms with Gasteiger partial charge < -0.3 is 29.7 Å². The Balaban J connectivity index is 0.00000190. The molecule has 37 heavy (non-hydrogen) atoms. The largest absolute Gasteiger partial charge is 0.480 e. The van der Waals surface area contributed by atoms with Gasteiger partial charge in [-0.2, -0.15) is 0 Å². The van der Waals surface area contributed by atoms with Crippen molar-refractivity contribution in [1.82, 2.24) is 20.2 Å². The second kappa shape index (κ2) is 12.7. The lowest BCUT2D eigenvalue weighted by atomic mass is 10.0. The molecule has 1 saturated heterocycles. The van der Waals surface area contributed by atoms with Gasteiger partial charge in [-0.25, -0.2) is 14.2 Å². The monoisotopic (exact) mass is 553 g/mol. The molecule has 2 aliphatic rings. The zero-order valence-corrected chi connectivity index (χ0v) is 21.3. The highest BCUT2D eigenvalue weighted by atomic mass is 35.5. The molecular weight excluding hydrogens is 528 g/mol. The first kappa shape index (κ1) is 28.2. The molecule has 2 N–H and O–H groups in total. The topological polar surface area (TPSA) is 115 Å². The molecule has 4 heterocycles. The second-order valence-electron chi connectivity index (χ2n) is 8.14. The highest BCUT2D eigenvalue weighted by Gasteiger charge is 2.33. The van der Waals surface area contributed by atoms with Crippen molar-refractivity contribution in [3.63, 3.8) is 0 Å². The van der Waals surface area contributed by atoms with Crippen molar-refractivity contribution in [2.24, 2.45) is 0 Å². The third kappa shape index (κ3) is 6.30. The summed E-state index contributed by atoms with van der Waals surface area (Å²) in [6.07, 6.45) is 1.51. The molecule has 1 atom stereocenters. The first-order chi connectivity index (χ1) is 17.1. The van der Waals surface area contributed by atoms with Crippen molar-refractivity contribution in [2.45, 2.75) is 19.1 Å². The Morgan fingerprint density at radius 2 is 2.05 bits per heavy atom. The van der Waals surface area contributed by atoms with Crippen LogP contribution < -0.4 is 20.1 Å². The van der Waals surface area contributed by atoms with Gasteiger partial charge >= 0.3 is 6.09 Å². The molecule has 198 valence electrons. The molecule has 0 radical (unpaired) electrons. The van der Waals surface area contributed by atoms with Gasteiger partial charge in [-0.1, -0.05) is 12.1 Å². The molecule has 1 aromatic carbocycles. The third-order valence-corrected chi connectivity index (χ3v) is 5.83. The van der Waals surface area contributed by atoms with E-state index in [0.717, 1.165) is 23.1 Å². The minimum atomic E-state index is -0.946. The number of fused-ring (bicyclic) bond motifs is 2. The Morgan fingerprint density at radius 1 is 1.19 bits per heavy atom. The number of para-hydroxylation sites is 1. The molecule has 0 aliphatic carbocycles. The lowest BCUT2D eigenvalue weighted by Crippen LogP contribution is -2.28. The number of rotatable bonds is 9. The summed E-state index contributed by atoms with van der Waals surface area (Å²) in [5.74, 6) is 1.11. The molecule has 13 heteroatoms. The first-order valence-corrected chi connectivity index (χ1v) is 11.3. The third-order valence-electron chi connectivity index (χ3n) is 5.83.